The van der Waals surface area contributed by atoms with Crippen LogP contribution in [0.15, 0.2) is 16.7 Å². The number of pyridine rings is 1. The third kappa shape index (κ3) is 5.16. The summed E-state index contributed by atoms with van der Waals surface area (Å²) in [6.07, 6.45) is -3.51. The lowest BCUT2D eigenvalue weighted by atomic mass is 10.2. The number of nitrogens with zero attached hydrogens (tertiary/aromatic N) is 2. The van der Waals surface area contributed by atoms with Crippen LogP contribution in [0.1, 0.15) is 29.2 Å². The maximum atomic E-state index is 13.3. The van der Waals surface area contributed by atoms with Gasteiger partial charge in [-0.1, -0.05) is 0 Å². The molecule has 2 aromatic rings. The van der Waals surface area contributed by atoms with Gasteiger partial charge >= 0.3 is 18.2 Å². The van der Waals surface area contributed by atoms with E-state index in [9.17, 15) is 22.8 Å². The molecule has 2 aromatic heterocycles. The topological polar surface area (TPSA) is 93.2 Å². The molecule has 0 spiro atoms. The molecular weight excluding hydrogens is 453 g/mol. The Hall–Kier alpha value is -2.21. The van der Waals surface area contributed by atoms with Crippen molar-refractivity contribution in [3.05, 3.63) is 27.3 Å². The molecule has 0 saturated carbocycles. The molecule has 146 valence electrons. The number of rotatable bonds is 5. The highest BCUT2D eigenvalue weighted by atomic mass is 79.9. The number of amides is 2. The molecule has 2 rings (SSSR count). The van der Waals surface area contributed by atoms with Gasteiger partial charge < -0.3 is 10.1 Å². The number of esters is 1. The number of hydrogen-bond donors (Lipinski definition) is 2. The van der Waals surface area contributed by atoms with Crippen LogP contribution in [-0.4, -0.2) is 35.1 Å². The molecular formula is C15H14BrF3N4O3S. The lowest BCUT2D eigenvalue weighted by molar-refractivity contribution is -0.141. The van der Waals surface area contributed by atoms with Gasteiger partial charge in [0.1, 0.15) is 15.7 Å². The smallest absolute Gasteiger partial charge is 0.435 e. The van der Waals surface area contributed by atoms with E-state index in [0.29, 0.717) is 22.4 Å². The van der Waals surface area contributed by atoms with Crippen molar-refractivity contribution in [2.24, 2.45) is 0 Å². The van der Waals surface area contributed by atoms with Crippen molar-refractivity contribution < 1.29 is 27.5 Å². The fourth-order valence-electron chi connectivity index (χ4n) is 1.95. The zero-order chi connectivity index (χ0) is 20.2. The summed E-state index contributed by atoms with van der Waals surface area (Å²) in [5.41, 5.74) is -1.08. The number of urea groups is 1. The van der Waals surface area contributed by atoms with E-state index < -0.39 is 28.7 Å². The second kappa shape index (κ2) is 8.65. The van der Waals surface area contributed by atoms with Crippen molar-refractivity contribution in [1.82, 2.24) is 15.3 Å². The summed E-state index contributed by atoms with van der Waals surface area (Å²) in [5.74, 6) is -0.986. The van der Waals surface area contributed by atoms with Crippen LogP contribution in [0.3, 0.4) is 0 Å². The van der Waals surface area contributed by atoms with Crippen molar-refractivity contribution >= 4 is 45.1 Å². The minimum absolute atomic E-state index is 0.0665. The number of thiazole rings is 1. The zero-order valence-corrected chi connectivity index (χ0v) is 16.5. The first-order chi connectivity index (χ1) is 12.7. The van der Waals surface area contributed by atoms with Crippen LogP contribution in [0.25, 0.3) is 10.6 Å². The van der Waals surface area contributed by atoms with Gasteiger partial charge in [-0.25, -0.2) is 19.6 Å². The molecule has 0 aliphatic carbocycles. The molecule has 2 heterocycles. The quantitative estimate of drug-likeness (QED) is 0.640. The number of alkyl halides is 3. The standard InChI is InChI=1S/C15H14BrF3N4O3S/c1-3-20-14(25)22-9-5-7(8(16)6-21-9)12-23-11(15(17,18)19)10(27-12)13(24)26-4-2/h5-6H,3-4H2,1-2H3,(H2,20,21,22,25). The van der Waals surface area contributed by atoms with Crippen LogP contribution in [-0.2, 0) is 10.9 Å². The number of anilines is 1. The third-order valence-electron chi connectivity index (χ3n) is 3.02. The van der Waals surface area contributed by atoms with E-state index in [4.69, 9.17) is 0 Å². The summed E-state index contributed by atoms with van der Waals surface area (Å²) < 4.78 is 44.8. The summed E-state index contributed by atoms with van der Waals surface area (Å²) in [5, 5.41) is 4.89. The number of aromatic nitrogens is 2. The minimum Gasteiger partial charge on any atom is -0.462 e. The van der Waals surface area contributed by atoms with Gasteiger partial charge in [-0.2, -0.15) is 13.2 Å². The first kappa shape index (κ1) is 21.1. The molecule has 0 aromatic carbocycles. The number of carbonyl (C=O) groups excluding carboxylic acids is 2. The number of carbonyl (C=O) groups is 2. The molecule has 2 N–H and O–H groups in total. The van der Waals surface area contributed by atoms with Gasteiger partial charge in [-0.3, -0.25) is 5.32 Å². The predicted octanol–water partition coefficient (Wildman–Crippen LogP) is 4.30. The number of halogens is 4. The summed E-state index contributed by atoms with van der Waals surface area (Å²) in [6.45, 7) is 3.54. The second-order valence-electron chi connectivity index (χ2n) is 4.95. The first-order valence-electron chi connectivity index (χ1n) is 7.63. The summed E-state index contributed by atoms with van der Waals surface area (Å²) in [6, 6.07) is 0.841. The Morgan fingerprint density at radius 3 is 2.63 bits per heavy atom. The number of hydrogen-bond acceptors (Lipinski definition) is 6. The minimum atomic E-state index is -4.82. The molecule has 0 unspecified atom stereocenters. The van der Waals surface area contributed by atoms with E-state index in [2.05, 4.69) is 41.3 Å². The monoisotopic (exact) mass is 466 g/mol. The Bertz CT molecular complexity index is 857. The Balaban J connectivity index is 2.48. The Kier molecular flexibility index (Phi) is 6.76. The molecule has 0 aliphatic rings. The molecule has 0 aliphatic heterocycles. The fourth-order valence-corrected chi connectivity index (χ4v) is 3.50. The highest BCUT2D eigenvalue weighted by molar-refractivity contribution is 9.10. The maximum absolute atomic E-state index is 13.3. The van der Waals surface area contributed by atoms with E-state index in [0.717, 1.165) is 0 Å². The van der Waals surface area contributed by atoms with Gasteiger partial charge in [0, 0.05) is 22.8 Å². The van der Waals surface area contributed by atoms with E-state index >= 15 is 0 Å². The molecule has 0 fully saturated rings. The Labute approximate surface area is 164 Å². The molecule has 7 nitrogen and oxygen atoms in total. The van der Waals surface area contributed by atoms with E-state index in [-0.39, 0.29) is 23.0 Å². The van der Waals surface area contributed by atoms with Gasteiger partial charge in [0.05, 0.1) is 6.61 Å². The molecule has 0 atom stereocenters. The van der Waals surface area contributed by atoms with E-state index in [1.807, 2.05) is 0 Å². The number of ether oxygens (including phenoxy) is 1. The van der Waals surface area contributed by atoms with Gasteiger partial charge in [0.2, 0.25) is 0 Å². The highest BCUT2D eigenvalue weighted by Crippen LogP contribution is 2.40. The average molecular weight is 467 g/mol. The predicted molar refractivity (Wildman–Crippen MR) is 96.7 cm³/mol. The highest BCUT2D eigenvalue weighted by Gasteiger charge is 2.40. The van der Waals surface area contributed by atoms with Crippen molar-refractivity contribution in [2.45, 2.75) is 20.0 Å². The number of nitrogens with one attached hydrogen (secondary N) is 2. The van der Waals surface area contributed by atoms with Gasteiger partial charge in [-0.15, -0.1) is 11.3 Å². The van der Waals surface area contributed by atoms with Crippen molar-refractivity contribution in [3.63, 3.8) is 0 Å². The molecule has 0 saturated heterocycles. The van der Waals surface area contributed by atoms with Crippen molar-refractivity contribution in [3.8, 4) is 10.6 Å². The average Bonchev–Trinajstić information content (AvgIpc) is 3.02. The van der Waals surface area contributed by atoms with Crippen LogP contribution in [0, 0.1) is 0 Å². The summed E-state index contributed by atoms with van der Waals surface area (Å²) in [4.78, 5) is 30.4. The normalized spacial score (nSPS) is 11.2. The SMILES string of the molecule is CCNC(=O)Nc1cc(-c2nc(C(F)(F)F)c(C(=O)OCC)s2)c(Br)cn1. The van der Waals surface area contributed by atoms with Crippen LogP contribution < -0.4 is 10.6 Å². The summed E-state index contributed by atoms with van der Waals surface area (Å²) >= 11 is 3.74. The van der Waals surface area contributed by atoms with Crippen LogP contribution in [0.4, 0.5) is 23.8 Å². The molecule has 2 amide bonds. The van der Waals surface area contributed by atoms with E-state index in [1.54, 1.807) is 6.92 Å². The summed E-state index contributed by atoms with van der Waals surface area (Å²) in [7, 11) is 0. The second-order valence-corrected chi connectivity index (χ2v) is 6.80. The van der Waals surface area contributed by atoms with E-state index in [1.165, 1.54) is 19.2 Å². The Morgan fingerprint density at radius 1 is 1.33 bits per heavy atom. The first-order valence-corrected chi connectivity index (χ1v) is 9.24. The van der Waals surface area contributed by atoms with Gasteiger partial charge in [0.25, 0.3) is 0 Å². The fraction of sp³-hybridized carbons (Fsp3) is 0.333. The lowest BCUT2D eigenvalue weighted by Crippen LogP contribution is -2.28. The molecule has 0 bridgehead atoms. The van der Waals surface area contributed by atoms with Gasteiger partial charge in [0.15, 0.2) is 5.69 Å². The largest absolute Gasteiger partial charge is 0.462 e. The van der Waals surface area contributed by atoms with Crippen molar-refractivity contribution in [1.29, 1.82) is 0 Å². The third-order valence-corrected chi connectivity index (χ3v) is 4.72. The Morgan fingerprint density at radius 2 is 2.04 bits per heavy atom. The van der Waals surface area contributed by atoms with Gasteiger partial charge in [-0.05, 0) is 35.8 Å². The van der Waals surface area contributed by atoms with Crippen LogP contribution in [0.5, 0.6) is 0 Å². The van der Waals surface area contributed by atoms with Crippen molar-refractivity contribution in [2.75, 3.05) is 18.5 Å². The molecule has 27 heavy (non-hydrogen) atoms. The molecule has 12 heteroatoms. The zero-order valence-electron chi connectivity index (χ0n) is 14.1. The van der Waals surface area contributed by atoms with Crippen LogP contribution >= 0.6 is 27.3 Å². The molecule has 0 radical (unpaired) electrons. The maximum Gasteiger partial charge on any atom is 0.435 e. The van der Waals surface area contributed by atoms with Crippen LogP contribution in [0.2, 0.25) is 0 Å². The lowest BCUT2D eigenvalue weighted by Gasteiger charge is -2.07.